The van der Waals surface area contributed by atoms with Crippen molar-refractivity contribution in [2.24, 2.45) is 0 Å². The zero-order chi connectivity index (χ0) is 14.9. The number of hydrogen-bond donors (Lipinski definition) is 1. The number of hydrogen-bond acceptors (Lipinski definition) is 2. The van der Waals surface area contributed by atoms with Gasteiger partial charge in [-0.3, -0.25) is 0 Å². The lowest BCUT2D eigenvalue weighted by Crippen LogP contribution is -2.02. The maximum atomic E-state index is 13.8. The number of carboxylic acids is 1. The quantitative estimate of drug-likeness (QED) is 0.882. The Hall–Kier alpha value is -1.88. The van der Waals surface area contributed by atoms with Crippen LogP contribution >= 0.6 is 15.9 Å². The highest BCUT2D eigenvalue weighted by Crippen LogP contribution is 2.32. The molecule has 0 aliphatic heterocycles. The molecule has 0 amide bonds. The van der Waals surface area contributed by atoms with Crippen LogP contribution in [0.2, 0.25) is 0 Å². The Morgan fingerprint density at radius 3 is 2.40 bits per heavy atom. The molecule has 0 saturated carbocycles. The van der Waals surface area contributed by atoms with Gasteiger partial charge in [0, 0.05) is 4.47 Å². The van der Waals surface area contributed by atoms with E-state index in [-0.39, 0.29) is 11.3 Å². The van der Waals surface area contributed by atoms with Crippen molar-refractivity contribution in [3.05, 3.63) is 57.3 Å². The monoisotopic (exact) mass is 338 g/mol. The minimum absolute atomic E-state index is 0.205. The fourth-order valence-corrected chi connectivity index (χ4v) is 2.09. The van der Waals surface area contributed by atoms with E-state index in [9.17, 15) is 9.18 Å². The Morgan fingerprint density at radius 1 is 1.25 bits per heavy atom. The van der Waals surface area contributed by atoms with E-state index in [1.165, 1.54) is 18.2 Å². The minimum atomic E-state index is -1.23. The summed E-state index contributed by atoms with van der Waals surface area (Å²) in [6, 6.07) is 7.24. The minimum Gasteiger partial charge on any atom is -0.478 e. The lowest BCUT2D eigenvalue weighted by molar-refractivity contribution is 0.0693. The molecule has 5 heteroatoms. The first-order valence-electron chi connectivity index (χ1n) is 5.86. The highest BCUT2D eigenvalue weighted by atomic mass is 79.9. The number of para-hydroxylation sites is 1. The molecule has 0 saturated heterocycles. The first-order valence-corrected chi connectivity index (χ1v) is 6.66. The number of rotatable bonds is 3. The van der Waals surface area contributed by atoms with Gasteiger partial charge in [0.15, 0.2) is 11.6 Å². The maximum absolute atomic E-state index is 13.8. The van der Waals surface area contributed by atoms with Gasteiger partial charge in [0.25, 0.3) is 0 Å². The van der Waals surface area contributed by atoms with Crippen molar-refractivity contribution in [2.45, 2.75) is 13.8 Å². The summed E-state index contributed by atoms with van der Waals surface area (Å²) < 4.78 is 20.2. The first kappa shape index (κ1) is 14.5. The molecule has 0 aliphatic carbocycles. The van der Waals surface area contributed by atoms with Gasteiger partial charge < -0.3 is 9.84 Å². The van der Waals surface area contributed by atoms with Crippen LogP contribution in [0.25, 0.3) is 0 Å². The highest BCUT2D eigenvalue weighted by Gasteiger charge is 2.17. The Labute approximate surface area is 124 Å². The van der Waals surface area contributed by atoms with Gasteiger partial charge in [0.2, 0.25) is 0 Å². The fourth-order valence-electron chi connectivity index (χ4n) is 1.86. The molecular formula is C15H12BrFO3. The van der Waals surface area contributed by atoms with Crippen molar-refractivity contribution in [2.75, 3.05) is 0 Å². The van der Waals surface area contributed by atoms with Crippen molar-refractivity contribution in [3.8, 4) is 11.5 Å². The van der Waals surface area contributed by atoms with Crippen LogP contribution in [-0.4, -0.2) is 11.1 Å². The fraction of sp³-hybridized carbons (Fsp3) is 0.133. The van der Waals surface area contributed by atoms with Crippen molar-refractivity contribution in [1.29, 1.82) is 0 Å². The van der Waals surface area contributed by atoms with Gasteiger partial charge in [-0.2, -0.15) is 0 Å². The van der Waals surface area contributed by atoms with Gasteiger partial charge in [-0.25, -0.2) is 9.18 Å². The maximum Gasteiger partial charge on any atom is 0.339 e. The second-order valence-corrected chi connectivity index (χ2v) is 5.19. The third kappa shape index (κ3) is 2.82. The highest BCUT2D eigenvalue weighted by molar-refractivity contribution is 9.10. The van der Waals surface area contributed by atoms with Gasteiger partial charge >= 0.3 is 5.97 Å². The number of carbonyl (C=O) groups is 1. The van der Waals surface area contributed by atoms with Gasteiger partial charge in [0.1, 0.15) is 11.3 Å². The molecule has 1 N–H and O–H groups in total. The molecule has 0 atom stereocenters. The third-order valence-corrected chi connectivity index (χ3v) is 4.08. The van der Waals surface area contributed by atoms with E-state index >= 15 is 0 Å². The molecule has 0 spiro atoms. The van der Waals surface area contributed by atoms with Crippen LogP contribution in [0.15, 0.2) is 34.8 Å². The SMILES string of the molecule is Cc1cc(Oc2c(F)cccc2C(=O)O)cc(C)c1Br. The molecule has 0 aliphatic rings. The molecule has 3 nitrogen and oxygen atoms in total. The normalized spacial score (nSPS) is 10.4. The van der Waals surface area contributed by atoms with E-state index in [1.807, 2.05) is 13.8 Å². The van der Waals surface area contributed by atoms with Gasteiger partial charge in [0.05, 0.1) is 0 Å². The number of aromatic carboxylic acids is 1. The van der Waals surface area contributed by atoms with Gasteiger partial charge in [-0.05, 0) is 49.2 Å². The van der Waals surface area contributed by atoms with Crippen LogP contribution < -0.4 is 4.74 Å². The summed E-state index contributed by atoms with van der Waals surface area (Å²) in [5.41, 5.74) is 1.64. The van der Waals surface area contributed by atoms with E-state index in [2.05, 4.69) is 15.9 Å². The van der Waals surface area contributed by atoms with Crippen molar-refractivity contribution < 1.29 is 19.0 Å². The molecule has 2 aromatic rings. The smallest absolute Gasteiger partial charge is 0.339 e. The second kappa shape index (κ2) is 5.63. The molecule has 2 aromatic carbocycles. The lowest BCUT2D eigenvalue weighted by Gasteiger charge is -2.12. The summed E-state index contributed by atoms with van der Waals surface area (Å²) >= 11 is 3.43. The summed E-state index contributed by atoms with van der Waals surface area (Å²) in [5.74, 6) is -1.81. The summed E-state index contributed by atoms with van der Waals surface area (Å²) in [7, 11) is 0. The van der Waals surface area contributed by atoms with Crippen LogP contribution in [0.4, 0.5) is 4.39 Å². The van der Waals surface area contributed by atoms with Crippen molar-refractivity contribution in [1.82, 2.24) is 0 Å². The Balaban J connectivity index is 2.47. The molecule has 0 heterocycles. The summed E-state index contributed by atoms with van der Waals surface area (Å²) in [4.78, 5) is 11.1. The molecule has 0 radical (unpaired) electrons. The number of halogens is 2. The van der Waals surface area contributed by atoms with E-state index in [4.69, 9.17) is 9.84 Å². The van der Waals surface area contributed by atoms with Crippen LogP contribution in [0.1, 0.15) is 21.5 Å². The summed E-state index contributed by atoms with van der Waals surface area (Å²) in [6.45, 7) is 3.76. The Kier molecular flexibility index (Phi) is 4.09. The van der Waals surface area contributed by atoms with E-state index in [0.717, 1.165) is 15.6 Å². The Bertz CT molecular complexity index is 660. The molecule has 20 heavy (non-hydrogen) atoms. The standard InChI is InChI=1S/C15H12BrFO3/c1-8-6-10(7-9(2)13(8)16)20-14-11(15(18)19)4-3-5-12(14)17/h3-7H,1-2H3,(H,18,19). The van der Waals surface area contributed by atoms with E-state index < -0.39 is 11.8 Å². The van der Waals surface area contributed by atoms with E-state index in [0.29, 0.717) is 5.75 Å². The molecule has 0 bridgehead atoms. The lowest BCUT2D eigenvalue weighted by atomic mass is 10.1. The molecule has 104 valence electrons. The average molecular weight is 339 g/mol. The molecule has 0 aromatic heterocycles. The summed E-state index contributed by atoms with van der Waals surface area (Å²) in [6.07, 6.45) is 0. The van der Waals surface area contributed by atoms with Crippen LogP contribution in [0, 0.1) is 19.7 Å². The number of ether oxygens (including phenoxy) is 1. The first-order chi connectivity index (χ1) is 9.40. The number of benzene rings is 2. The molecule has 2 rings (SSSR count). The number of aryl methyl sites for hydroxylation is 2. The Morgan fingerprint density at radius 2 is 1.85 bits per heavy atom. The summed E-state index contributed by atoms with van der Waals surface area (Å²) in [5, 5.41) is 9.07. The van der Waals surface area contributed by atoms with Crippen molar-refractivity contribution in [3.63, 3.8) is 0 Å². The predicted octanol–water partition coefficient (Wildman–Crippen LogP) is 4.70. The molecule has 0 unspecified atom stereocenters. The number of carboxylic acid groups (broad SMARTS) is 1. The average Bonchev–Trinajstić information content (AvgIpc) is 2.38. The molecular weight excluding hydrogens is 327 g/mol. The van der Waals surface area contributed by atoms with Crippen LogP contribution in [0.5, 0.6) is 11.5 Å². The van der Waals surface area contributed by atoms with Crippen molar-refractivity contribution >= 4 is 21.9 Å². The second-order valence-electron chi connectivity index (χ2n) is 4.39. The van der Waals surface area contributed by atoms with Crippen LogP contribution in [-0.2, 0) is 0 Å². The zero-order valence-electron chi connectivity index (χ0n) is 10.9. The van der Waals surface area contributed by atoms with E-state index in [1.54, 1.807) is 12.1 Å². The molecule has 0 fully saturated rings. The largest absolute Gasteiger partial charge is 0.478 e. The van der Waals surface area contributed by atoms with Crippen LogP contribution in [0.3, 0.4) is 0 Å². The zero-order valence-corrected chi connectivity index (χ0v) is 12.5. The third-order valence-electron chi connectivity index (χ3n) is 2.83. The topological polar surface area (TPSA) is 46.5 Å². The van der Waals surface area contributed by atoms with Gasteiger partial charge in [-0.1, -0.05) is 22.0 Å². The predicted molar refractivity (Wildman–Crippen MR) is 77.0 cm³/mol. The van der Waals surface area contributed by atoms with Gasteiger partial charge in [-0.15, -0.1) is 0 Å².